The predicted octanol–water partition coefficient (Wildman–Crippen LogP) is 4.38. The second kappa shape index (κ2) is 7.79. The van der Waals surface area contributed by atoms with Crippen molar-refractivity contribution in [3.05, 3.63) is 41.0 Å². The van der Waals surface area contributed by atoms with E-state index >= 15 is 0 Å². The molecule has 1 amide bonds. The van der Waals surface area contributed by atoms with E-state index in [1.54, 1.807) is 12.1 Å². The molecule has 0 aromatic carbocycles. The van der Waals surface area contributed by atoms with E-state index < -0.39 is 0 Å². The lowest BCUT2D eigenvalue weighted by atomic mass is 9.93. The molecule has 0 spiro atoms. The first-order chi connectivity index (χ1) is 13.4. The molecule has 1 fully saturated rings. The summed E-state index contributed by atoms with van der Waals surface area (Å²) in [5.74, 6) is 1.84. The van der Waals surface area contributed by atoms with E-state index in [1.807, 2.05) is 18.2 Å². The van der Waals surface area contributed by atoms with Gasteiger partial charge < -0.3 is 10.2 Å². The van der Waals surface area contributed by atoms with Crippen LogP contribution in [0.15, 0.2) is 35.4 Å². The van der Waals surface area contributed by atoms with Crippen LogP contribution in [0.5, 0.6) is 0 Å². The number of pyridine rings is 2. The number of carbonyl (C=O) groups is 1. The fourth-order valence-electron chi connectivity index (χ4n) is 4.09. The Bertz CT molecular complexity index is 891. The monoisotopic (exact) mass is 417 g/mol. The molecule has 2 aromatic heterocycles. The van der Waals surface area contributed by atoms with E-state index in [2.05, 4.69) is 38.8 Å². The van der Waals surface area contributed by atoms with Gasteiger partial charge in [0.1, 0.15) is 21.8 Å². The number of anilines is 2. The number of carbonyl (C=O) groups excluding carboxylic acids is 1. The zero-order valence-corrected chi connectivity index (χ0v) is 17.6. The molecule has 2 aromatic rings. The van der Waals surface area contributed by atoms with Gasteiger partial charge in [-0.25, -0.2) is 9.97 Å². The second-order valence-corrected chi connectivity index (χ2v) is 9.18. The van der Waals surface area contributed by atoms with E-state index in [4.69, 9.17) is 11.6 Å². The first-order valence-corrected chi connectivity index (χ1v) is 10.7. The summed E-state index contributed by atoms with van der Waals surface area (Å²) in [5.41, 5.74) is 0.454. The predicted molar refractivity (Wildman–Crippen MR) is 114 cm³/mol. The lowest BCUT2D eigenvalue weighted by molar-refractivity contribution is 0.0984. The molecule has 28 heavy (non-hydrogen) atoms. The second-order valence-electron chi connectivity index (χ2n) is 7.96. The van der Waals surface area contributed by atoms with Gasteiger partial charge in [0.15, 0.2) is 0 Å². The Balaban J connectivity index is 1.71. The highest BCUT2D eigenvalue weighted by atomic mass is 35.5. The van der Waals surface area contributed by atoms with E-state index in [9.17, 15) is 4.79 Å². The van der Waals surface area contributed by atoms with Crippen LogP contribution in [-0.2, 0) is 0 Å². The van der Waals surface area contributed by atoms with Crippen LogP contribution in [0.1, 0.15) is 43.5 Å². The summed E-state index contributed by atoms with van der Waals surface area (Å²) in [7, 11) is 0. The van der Waals surface area contributed by atoms with Crippen LogP contribution in [0.2, 0.25) is 5.15 Å². The highest BCUT2D eigenvalue weighted by Crippen LogP contribution is 2.39. The molecule has 148 valence electrons. The van der Waals surface area contributed by atoms with Gasteiger partial charge in [0.25, 0.3) is 5.91 Å². The molecule has 1 atom stereocenters. The van der Waals surface area contributed by atoms with E-state index in [0.29, 0.717) is 22.5 Å². The topological polar surface area (TPSA) is 70.1 Å². The Morgan fingerprint density at radius 3 is 2.96 bits per heavy atom. The highest BCUT2D eigenvalue weighted by molar-refractivity contribution is 7.97. The third-order valence-electron chi connectivity index (χ3n) is 5.37. The highest BCUT2D eigenvalue weighted by Gasteiger charge is 2.40. The van der Waals surface area contributed by atoms with Crippen LogP contribution in [0.25, 0.3) is 0 Å². The Morgan fingerprint density at radius 2 is 2.11 bits per heavy atom. The van der Waals surface area contributed by atoms with Crippen LogP contribution in [-0.4, -0.2) is 34.5 Å². The number of rotatable bonds is 0. The quantitative estimate of drug-likeness (QED) is 0.489. The average molecular weight is 418 g/mol. The van der Waals surface area contributed by atoms with Crippen molar-refractivity contribution in [2.45, 2.75) is 43.7 Å². The molecule has 6 nitrogen and oxygen atoms in total. The number of nitrogens with one attached hydrogen (secondary N) is 2. The number of amides is 1. The van der Waals surface area contributed by atoms with Gasteiger partial charge in [0, 0.05) is 30.6 Å². The number of hydrogen-bond acceptors (Lipinski definition) is 6. The van der Waals surface area contributed by atoms with E-state index in [0.717, 1.165) is 43.2 Å². The molecular formula is C20H24ClN5OS. The minimum absolute atomic E-state index is 0.0825. The van der Waals surface area contributed by atoms with Crippen molar-refractivity contribution in [2.24, 2.45) is 5.92 Å². The fourth-order valence-corrected chi connectivity index (χ4v) is 4.83. The lowest BCUT2D eigenvalue weighted by Gasteiger charge is -2.33. The molecule has 0 aliphatic carbocycles. The maximum absolute atomic E-state index is 13.0. The number of halogens is 1. The Morgan fingerprint density at radius 1 is 1.25 bits per heavy atom. The normalized spacial score (nSPS) is 21.8. The maximum atomic E-state index is 13.0. The summed E-state index contributed by atoms with van der Waals surface area (Å²) >= 11 is 7.41. The van der Waals surface area contributed by atoms with Gasteiger partial charge >= 0.3 is 0 Å². The minimum atomic E-state index is -0.196. The molecule has 0 radical (unpaired) electrons. The first-order valence-electron chi connectivity index (χ1n) is 9.55. The van der Waals surface area contributed by atoms with Gasteiger partial charge in [-0.3, -0.25) is 9.52 Å². The van der Waals surface area contributed by atoms with E-state index in [1.165, 1.54) is 11.9 Å². The smallest absolute Gasteiger partial charge is 0.265 e. The molecule has 2 aliphatic rings. The fraction of sp³-hybridized carbons (Fsp3) is 0.450. The van der Waals surface area contributed by atoms with Gasteiger partial charge in [-0.05, 0) is 63.3 Å². The van der Waals surface area contributed by atoms with Gasteiger partial charge in [-0.15, -0.1) is 0 Å². The van der Waals surface area contributed by atoms with Gasteiger partial charge in [-0.1, -0.05) is 17.7 Å². The first kappa shape index (κ1) is 19.3. The van der Waals surface area contributed by atoms with Gasteiger partial charge in [0.05, 0.1) is 5.56 Å². The third kappa shape index (κ3) is 4.05. The number of aromatic nitrogens is 2. The Labute approximate surface area is 174 Å². The van der Waals surface area contributed by atoms with Crippen LogP contribution in [0.4, 0.5) is 11.6 Å². The zero-order chi connectivity index (χ0) is 19.7. The van der Waals surface area contributed by atoms with Crippen LogP contribution >= 0.6 is 23.5 Å². The largest absolute Gasteiger partial charge is 0.370 e. The molecule has 1 saturated heterocycles. The van der Waals surface area contributed by atoms with Gasteiger partial charge in [-0.2, -0.15) is 0 Å². The van der Waals surface area contributed by atoms with Crippen LogP contribution in [0, 0.1) is 5.92 Å². The zero-order valence-electron chi connectivity index (χ0n) is 16.0. The molecule has 8 heteroatoms. The molecular weight excluding hydrogens is 394 g/mol. The minimum Gasteiger partial charge on any atom is -0.370 e. The summed E-state index contributed by atoms with van der Waals surface area (Å²) in [4.78, 5) is 24.3. The molecule has 0 unspecified atom stereocenters. The lowest BCUT2D eigenvalue weighted by Crippen LogP contribution is -2.40. The Kier molecular flexibility index (Phi) is 5.38. The van der Waals surface area contributed by atoms with Crippen molar-refractivity contribution in [2.75, 3.05) is 23.3 Å². The molecule has 4 rings (SSSR count). The standard InChI is InChI=1S/C20H24ClN5OS/c1-20(2)11-13-5-4-10-22-16-6-3-7-17(24-16)28-25-19(27)14-8-9-15(21)23-18(14)26(20)12-13/h3,6-9,13H,4-5,10-12H2,1-2H3,(H,22,24)(H,25,27)/t13-/m0/s1. The Hall–Kier alpha value is -1.99. The van der Waals surface area contributed by atoms with Crippen molar-refractivity contribution < 1.29 is 4.79 Å². The summed E-state index contributed by atoms with van der Waals surface area (Å²) in [6.07, 6.45) is 3.24. The van der Waals surface area contributed by atoms with Crippen molar-refractivity contribution in [3.63, 3.8) is 0 Å². The van der Waals surface area contributed by atoms with Crippen LogP contribution < -0.4 is 14.9 Å². The molecule has 2 N–H and O–H groups in total. The SMILES string of the molecule is CC1(C)C[C@@H]2CCCNc3cccc(n3)SNC(=O)c3ccc(Cl)nc3N1C2. The van der Waals surface area contributed by atoms with Crippen molar-refractivity contribution in [3.8, 4) is 0 Å². The number of hydrogen-bond donors (Lipinski definition) is 2. The third-order valence-corrected chi connectivity index (χ3v) is 6.30. The number of nitrogens with zero attached hydrogens (tertiary/aromatic N) is 3. The maximum Gasteiger partial charge on any atom is 0.265 e. The van der Waals surface area contributed by atoms with Crippen LogP contribution in [0.3, 0.4) is 0 Å². The molecule has 2 aliphatic heterocycles. The summed E-state index contributed by atoms with van der Waals surface area (Å²) in [6.45, 7) is 6.18. The van der Waals surface area contributed by atoms with E-state index in [-0.39, 0.29) is 11.4 Å². The number of fused-ring (bicyclic) bond motifs is 6. The van der Waals surface area contributed by atoms with Crippen molar-refractivity contribution in [1.82, 2.24) is 14.7 Å². The summed E-state index contributed by atoms with van der Waals surface area (Å²) < 4.78 is 2.90. The molecule has 0 saturated carbocycles. The van der Waals surface area contributed by atoms with Gasteiger partial charge in [0.2, 0.25) is 0 Å². The van der Waals surface area contributed by atoms with Crippen molar-refractivity contribution in [1.29, 1.82) is 0 Å². The molecule has 4 heterocycles. The average Bonchev–Trinajstić information content (AvgIpc) is 2.97. The summed E-state index contributed by atoms with van der Waals surface area (Å²) in [5, 5.41) is 4.52. The summed E-state index contributed by atoms with van der Waals surface area (Å²) in [6, 6.07) is 9.19. The van der Waals surface area contributed by atoms with Crippen molar-refractivity contribution >= 4 is 41.1 Å². The molecule has 4 bridgehead atoms.